The molecule has 0 aromatic heterocycles. The normalized spacial score (nSPS) is 12.2. The molecule has 0 bridgehead atoms. The fourth-order valence-corrected chi connectivity index (χ4v) is 2.74. The first-order chi connectivity index (χ1) is 9.76. The summed E-state index contributed by atoms with van der Waals surface area (Å²) in [5, 5.41) is 3.61. The standard InChI is InChI=1S/C17H20BrNO/c1-3-11-19-17(15-9-4-5-10-16(15)18)13-7-6-8-14(12-13)20-2/h4-10,12,17,19H,3,11H2,1-2H3. The second-order valence-electron chi connectivity index (χ2n) is 4.69. The number of rotatable bonds is 6. The summed E-state index contributed by atoms with van der Waals surface area (Å²) in [6.45, 7) is 3.15. The predicted molar refractivity (Wildman–Crippen MR) is 87.3 cm³/mol. The van der Waals surface area contributed by atoms with Gasteiger partial charge < -0.3 is 10.1 Å². The van der Waals surface area contributed by atoms with Crippen molar-refractivity contribution in [1.29, 1.82) is 0 Å². The van der Waals surface area contributed by atoms with Gasteiger partial charge in [0, 0.05) is 4.47 Å². The van der Waals surface area contributed by atoms with E-state index in [1.54, 1.807) is 7.11 Å². The van der Waals surface area contributed by atoms with Crippen molar-refractivity contribution in [3.63, 3.8) is 0 Å². The molecule has 2 aromatic carbocycles. The van der Waals surface area contributed by atoms with E-state index in [0.717, 1.165) is 23.2 Å². The van der Waals surface area contributed by atoms with Gasteiger partial charge in [0.15, 0.2) is 0 Å². The highest BCUT2D eigenvalue weighted by atomic mass is 79.9. The van der Waals surface area contributed by atoms with Gasteiger partial charge in [-0.15, -0.1) is 0 Å². The molecule has 0 heterocycles. The average Bonchev–Trinajstić information content (AvgIpc) is 2.49. The molecule has 0 amide bonds. The van der Waals surface area contributed by atoms with E-state index in [4.69, 9.17) is 4.74 Å². The summed E-state index contributed by atoms with van der Waals surface area (Å²) in [4.78, 5) is 0. The minimum Gasteiger partial charge on any atom is -0.497 e. The second-order valence-corrected chi connectivity index (χ2v) is 5.54. The van der Waals surface area contributed by atoms with Crippen LogP contribution in [-0.4, -0.2) is 13.7 Å². The Bertz CT molecular complexity index is 556. The highest BCUT2D eigenvalue weighted by molar-refractivity contribution is 9.10. The average molecular weight is 334 g/mol. The van der Waals surface area contributed by atoms with Crippen molar-refractivity contribution in [1.82, 2.24) is 5.32 Å². The van der Waals surface area contributed by atoms with Gasteiger partial charge in [0.25, 0.3) is 0 Å². The fraction of sp³-hybridized carbons (Fsp3) is 0.294. The van der Waals surface area contributed by atoms with Gasteiger partial charge in [-0.1, -0.05) is 53.2 Å². The van der Waals surface area contributed by atoms with Crippen molar-refractivity contribution < 1.29 is 4.74 Å². The molecule has 0 radical (unpaired) electrons. The van der Waals surface area contributed by atoms with Gasteiger partial charge in [-0.3, -0.25) is 0 Å². The van der Waals surface area contributed by atoms with Crippen molar-refractivity contribution in [2.45, 2.75) is 19.4 Å². The summed E-state index contributed by atoms with van der Waals surface area (Å²) in [7, 11) is 1.70. The first-order valence-corrected chi connectivity index (χ1v) is 7.67. The molecule has 0 saturated carbocycles. The van der Waals surface area contributed by atoms with Crippen LogP contribution in [0.4, 0.5) is 0 Å². The van der Waals surface area contributed by atoms with E-state index in [2.05, 4.69) is 58.5 Å². The summed E-state index contributed by atoms with van der Waals surface area (Å²) in [6.07, 6.45) is 1.10. The number of benzene rings is 2. The number of hydrogen-bond acceptors (Lipinski definition) is 2. The van der Waals surface area contributed by atoms with Crippen LogP contribution in [0.5, 0.6) is 5.75 Å². The van der Waals surface area contributed by atoms with E-state index in [0.29, 0.717) is 0 Å². The SMILES string of the molecule is CCCNC(c1cccc(OC)c1)c1ccccc1Br. The molecule has 1 unspecified atom stereocenters. The lowest BCUT2D eigenvalue weighted by atomic mass is 9.98. The Hall–Kier alpha value is -1.32. The van der Waals surface area contributed by atoms with Crippen LogP contribution in [0.25, 0.3) is 0 Å². The fourth-order valence-electron chi connectivity index (χ4n) is 2.23. The minimum absolute atomic E-state index is 0.167. The van der Waals surface area contributed by atoms with Gasteiger partial charge in [-0.2, -0.15) is 0 Å². The van der Waals surface area contributed by atoms with Gasteiger partial charge >= 0.3 is 0 Å². The summed E-state index contributed by atoms with van der Waals surface area (Å²) < 4.78 is 6.46. The Morgan fingerprint density at radius 3 is 2.65 bits per heavy atom. The summed E-state index contributed by atoms with van der Waals surface area (Å²) in [5.41, 5.74) is 2.46. The van der Waals surface area contributed by atoms with Gasteiger partial charge in [0.05, 0.1) is 13.2 Å². The topological polar surface area (TPSA) is 21.3 Å². The highest BCUT2D eigenvalue weighted by Crippen LogP contribution is 2.30. The molecule has 106 valence electrons. The van der Waals surface area contributed by atoms with E-state index >= 15 is 0 Å². The molecular weight excluding hydrogens is 314 g/mol. The largest absolute Gasteiger partial charge is 0.497 e. The lowest BCUT2D eigenvalue weighted by molar-refractivity contribution is 0.413. The molecular formula is C17H20BrNO. The van der Waals surface area contributed by atoms with Crippen molar-refractivity contribution >= 4 is 15.9 Å². The van der Waals surface area contributed by atoms with Crippen LogP contribution in [0.3, 0.4) is 0 Å². The van der Waals surface area contributed by atoms with Gasteiger partial charge in [-0.05, 0) is 42.3 Å². The van der Waals surface area contributed by atoms with E-state index in [1.807, 2.05) is 18.2 Å². The van der Waals surface area contributed by atoms with E-state index in [-0.39, 0.29) is 6.04 Å². The molecule has 1 atom stereocenters. The maximum Gasteiger partial charge on any atom is 0.119 e. The van der Waals surface area contributed by atoms with E-state index < -0.39 is 0 Å². The molecule has 20 heavy (non-hydrogen) atoms. The van der Waals surface area contributed by atoms with Gasteiger partial charge in [0.2, 0.25) is 0 Å². The number of hydrogen-bond donors (Lipinski definition) is 1. The van der Waals surface area contributed by atoms with Crippen LogP contribution in [-0.2, 0) is 0 Å². The number of halogens is 1. The van der Waals surface area contributed by atoms with Crippen molar-refractivity contribution in [3.05, 3.63) is 64.1 Å². The third kappa shape index (κ3) is 3.62. The molecule has 1 N–H and O–H groups in total. The maximum atomic E-state index is 5.34. The van der Waals surface area contributed by atoms with Gasteiger partial charge in [0.1, 0.15) is 5.75 Å². The zero-order chi connectivity index (χ0) is 14.4. The van der Waals surface area contributed by atoms with Crippen LogP contribution in [0.15, 0.2) is 53.0 Å². The lowest BCUT2D eigenvalue weighted by Gasteiger charge is -2.21. The Balaban J connectivity index is 2.38. The second kappa shape index (κ2) is 7.46. The molecule has 2 rings (SSSR count). The molecule has 0 saturated heterocycles. The molecule has 3 heteroatoms. The quantitative estimate of drug-likeness (QED) is 0.837. The zero-order valence-electron chi connectivity index (χ0n) is 11.9. The molecule has 0 aliphatic heterocycles. The molecule has 2 aromatic rings. The molecule has 0 aliphatic carbocycles. The summed E-state index contributed by atoms with van der Waals surface area (Å²) in [5.74, 6) is 0.887. The number of ether oxygens (including phenoxy) is 1. The lowest BCUT2D eigenvalue weighted by Crippen LogP contribution is -2.23. The first-order valence-electron chi connectivity index (χ1n) is 6.88. The number of methoxy groups -OCH3 is 1. The predicted octanol–water partition coefficient (Wildman–Crippen LogP) is 4.55. The van der Waals surface area contributed by atoms with E-state index in [9.17, 15) is 0 Å². The Morgan fingerprint density at radius 2 is 1.95 bits per heavy atom. The molecule has 0 spiro atoms. The Kier molecular flexibility index (Phi) is 5.62. The number of nitrogens with one attached hydrogen (secondary N) is 1. The molecule has 0 aliphatic rings. The van der Waals surface area contributed by atoms with Crippen LogP contribution in [0.1, 0.15) is 30.5 Å². The molecule has 0 fully saturated rings. The smallest absolute Gasteiger partial charge is 0.119 e. The van der Waals surface area contributed by atoms with Crippen LogP contribution < -0.4 is 10.1 Å². The third-order valence-electron chi connectivity index (χ3n) is 3.24. The van der Waals surface area contributed by atoms with Crippen molar-refractivity contribution in [2.75, 3.05) is 13.7 Å². The maximum absolute atomic E-state index is 5.34. The van der Waals surface area contributed by atoms with Crippen LogP contribution >= 0.6 is 15.9 Å². The van der Waals surface area contributed by atoms with Crippen molar-refractivity contribution in [3.8, 4) is 5.75 Å². The van der Waals surface area contributed by atoms with Crippen molar-refractivity contribution in [2.24, 2.45) is 0 Å². The van der Waals surface area contributed by atoms with Gasteiger partial charge in [-0.25, -0.2) is 0 Å². The Morgan fingerprint density at radius 1 is 1.15 bits per heavy atom. The Labute approximate surface area is 129 Å². The summed E-state index contributed by atoms with van der Waals surface area (Å²) >= 11 is 3.65. The van der Waals surface area contributed by atoms with Crippen LogP contribution in [0, 0.1) is 0 Å². The molecule has 2 nitrogen and oxygen atoms in total. The monoisotopic (exact) mass is 333 g/mol. The third-order valence-corrected chi connectivity index (χ3v) is 3.96. The zero-order valence-corrected chi connectivity index (χ0v) is 13.5. The van der Waals surface area contributed by atoms with Crippen LogP contribution in [0.2, 0.25) is 0 Å². The minimum atomic E-state index is 0.167. The van der Waals surface area contributed by atoms with E-state index in [1.165, 1.54) is 11.1 Å². The highest BCUT2D eigenvalue weighted by Gasteiger charge is 2.16. The summed E-state index contributed by atoms with van der Waals surface area (Å²) in [6, 6.07) is 16.7. The first kappa shape index (κ1) is 15.1.